The third-order valence-electron chi connectivity index (χ3n) is 4.57. The molecule has 0 N–H and O–H groups in total. The third kappa shape index (κ3) is 4.30. The molecule has 29 heavy (non-hydrogen) atoms. The number of rotatable bonds is 6. The van der Waals surface area contributed by atoms with E-state index in [9.17, 15) is 10.1 Å². The smallest absolute Gasteiger partial charge is 0.269 e. The van der Waals surface area contributed by atoms with Gasteiger partial charge in [0.1, 0.15) is 12.4 Å². The number of nitro benzene ring substituents is 1. The summed E-state index contributed by atoms with van der Waals surface area (Å²) in [6.07, 6.45) is 1.82. The van der Waals surface area contributed by atoms with Gasteiger partial charge in [0.25, 0.3) is 5.69 Å². The monoisotopic (exact) mass is 382 g/mol. The fourth-order valence-electron chi connectivity index (χ4n) is 3.06. The zero-order valence-electron chi connectivity index (χ0n) is 15.6. The van der Waals surface area contributed by atoms with Crippen molar-refractivity contribution in [1.29, 1.82) is 0 Å². The second-order valence-corrected chi connectivity index (χ2v) is 6.50. The van der Waals surface area contributed by atoms with Crippen molar-refractivity contribution in [3.8, 4) is 5.75 Å². The molecule has 0 saturated heterocycles. The Bertz CT molecular complexity index is 1170. The van der Waals surface area contributed by atoms with Gasteiger partial charge in [-0.05, 0) is 46.7 Å². The standard InChI is InChI=1S/C24H18N2O3/c27-26(28)21-13-10-18(11-14-21)17-29-24-15-12-19-6-4-5-9-22(19)23(24)16-25-20-7-2-1-3-8-20/h1-16H,17H2. The van der Waals surface area contributed by atoms with Crippen molar-refractivity contribution >= 4 is 28.4 Å². The maximum atomic E-state index is 10.8. The minimum absolute atomic E-state index is 0.0649. The lowest BCUT2D eigenvalue weighted by Gasteiger charge is -2.12. The van der Waals surface area contributed by atoms with E-state index in [0.717, 1.165) is 27.6 Å². The van der Waals surface area contributed by atoms with Crippen LogP contribution >= 0.6 is 0 Å². The van der Waals surface area contributed by atoms with E-state index < -0.39 is 4.92 Å². The van der Waals surface area contributed by atoms with Crippen LogP contribution in [-0.2, 0) is 6.61 Å². The second kappa shape index (κ2) is 8.35. The van der Waals surface area contributed by atoms with E-state index in [1.165, 1.54) is 12.1 Å². The van der Waals surface area contributed by atoms with Crippen molar-refractivity contribution in [2.45, 2.75) is 6.61 Å². The van der Waals surface area contributed by atoms with Gasteiger partial charge in [-0.25, -0.2) is 0 Å². The Morgan fingerprint density at radius 3 is 2.34 bits per heavy atom. The van der Waals surface area contributed by atoms with Crippen LogP contribution in [-0.4, -0.2) is 11.1 Å². The Hall–Kier alpha value is -3.99. The molecule has 0 aliphatic rings. The predicted molar refractivity (Wildman–Crippen MR) is 115 cm³/mol. The van der Waals surface area contributed by atoms with Crippen LogP contribution in [0.1, 0.15) is 11.1 Å². The topological polar surface area (TPSA) is 64.7 Å². The molecule has 0 saturated carbocycles. The average molecular weight is 382 g/mol. The SMILES string of the molecule is O=[N+]([O-])c1ccc(COc2ccc3ccccc3c2C=Nc2ccccc2)cc1. The van der Waals surface area contributed by atoms with Crippen LogP contribution in [0.4, 0.5) is 11.4 Å². The maximum absolute atomic E-state index is 10.8. The summed E-state index contributed by atoms with van der Waals surface area (Å²) in [6, 6.07) is 28.1. The quantitative estimate of drug-likeness (QED) is 0.231. The van der Waals surface area contributed by atoms with Gasteiger partial charge in [0.05, 0.1) is 10.6 Å². The zero-order valence-corrected chi connectivity index (χ0v) is 15.6. The van der Waals surface area contributed by atoms with E-state index in [1.54, 1.807) is 12.1 Å². The van der Waals surface area contributed by atoms with Gasteiger partial charge in [-0.3, -0.25) is 15.1 Å². The molecule has 0 unspecified atom stereocenters. The highest BCUT2D eigenvalue weighted by molar-refractivity contribution is 6.03. The van der Waals surface area contributed by atoms with E-state index in [-0.39, 0.29) is 5.69 Å². The van der Waals surface area contributed by atoms with E-state index in [0.29, 0.717) is 12.4 Å². The normalized spacial score (nSPS) is 11.0. The molecule has 0 bridgehead atoms. The van der Waals surface area contributed by atoms with Gasteiger partial charge < -0.3 is 4.74 Å². The van der Waals surface area contributed by atoms with E-state index in [4.69, 9.17) is 4.74 Å². The van der Waals surface area contributed by atoms with Crippen molar-refractivity contribution in [3.05, 3.63) is 112 Å². The van der Waals surface area contributed by atoms with Gasteiger partial charge in [-0.15, -0.1) is 0 Å². The molecule has 0 amide bonds. The van der Waals surface area contributed by atoms with Crippen molar-refractivity contribution in [3.63, 3.8) is 0 Å². The van der Waals surface area contributed by atoms with Gasteiger partial charge in [-0.1, -0.05) is 48.5 Å². The largest absolute Gasteiger partial charge is 0.488 e. The molecule has 0 aliphatic heterocycles. The van der Waals surface area contributed by atoms with Crippen molar-refractivity contribution in [2.24, 2.45) is 4.99 Å². The third-order valence-corrected chi connectivity index (χ3v) is 4.57. The summed E-state index contributed by atoms with van der Waals surface area (Å²) in [6.45, 7) is 0.308. The Morgan fingerprint density at radius 1 is 0.862 bits per heavy atom. The summed E-state index contributed by atoms with van der Waals surface area (Å²) in [7, 11) is 0. The van der Waals surface area contributed by atoms with E-state index >= 15 is 0 Å². The maximum Gasteiger partial charge on any atom is 0.269 e. The molecule has 4 aromatic carbocycles. The Morgan fingerprint density at radius 2 is 1.59 bits per heavy atom. The van der Waals surface area contributed by atoms with Gasteiger partial charge in [-0.2, -0.15) is 0 Å². The lowest BCUT2D eigenvalue weighted by atomic mass is 10.0. The minimum Gasteiger partial charge on any atom is -0.488 e. The summed E-state index contributed by atoms with van der Waals surface area (Å²) in [5, 5.41) is 13.0. The molecule has 142 valence electrons. The van der Waals surface area contributed by atoms with Crippen molar-refractivity contribution in [1.82, 2.24) is 0 Å². The molecular weight excluding hydrogens is 364 g/mol. The number of nitrogens with zero attached hydrogens (tertiary/aromatic N) is 2. The molecule has 4 aromatic rings. The van der Waals surface area contributed by atoms with Crippen LogP contribution in [0.5, 0.6) is 5.75 Å². The molecule has 5 heteroatoms. The first kappa shape index (κ1) is 18.4. The molecule has 0 heterocycles. The van der Waals surface area contributed by atoms with Gasteiger partial charge in [0, 0.05) is 23.9 Å². The number of fused-ring (bicyclic) bond motifs is 1. The van der Waals surface area contributed by atoms with Crippen LogP contribution in [0.25, 0.3) is 10.8 Å². The fourth-order valence-corrected chi connectivity index (χ4v) is 3.06. The highest BCUT2D eigenvalue weighted by Crippen LogP contribution is 2.28. The number of nitro groups is 1. The first-order chi connectivity index (χ1) is 14.2. The molecule has 0 aliphatic carbocycles. The first-order valence-electron chi connectivity index (χ1n) is 9.18. The summed E-state index contributed by atoms with van der Waals surface area (Å²) in [4.78, 5) is 15.0. The molecule has 4 rings (SSSR count). The molecule has 5 nitrogen and oxygen atoms in total. The molecule has 0 atom stereocenters. The second-order valence-electron chi connectivity index (χ2n) is 6.50. The Kier molecular flexibility index (Phi) is 5.29. The van der Waals surface area contributed by atoms with E-state index in [1.807, 2.05) is 66.9 Å². The fraction of sp³-hybridized carbons (Fsp3) is 0.0417. The summed E-state index contributed by atoms with van der Waals surface area (Å²) < 4.78 is 6.06. The highest BCUT2D eigenvalue weighted by Gasteiger charge is 2.09. The predicted octanol–water partition coefficient (Wildman–Crippen LogP) is 6.08. The number of ether oxygens (including phenoxy) is 1. The van der Waals surface area contributed by atoms with Crippen molar-refractivity contribution < 1.29 is 9.66 Å². The number of para-hydroxylation sites is 1. The number of aliphatic imine (C=N–C) groups is 1. The highest BCUT2D eigenvalue weighted by atomic mass is 16.6. The van der Waals surface area contributed by atoms with Gasteiger partial charge in [0.15, 0.2) is 0 Å². The molecular formula is C24H18N2O3. The van der Waals surface area contributed by atoms with Crippen LogP contribution < -0.4 is 4.74 Å². The Labute approximate surface area is 168 Å². The van der Waals surface area contributed by atoms with Crippen LogP contribution in [0.3, 0.4) is 0 Å². The minimum atomic E-state index is -0.411. The molecule has 0 spiro atoms. The van der Waals surface area contributed by atoms with Crippen LogP contribution in [0.2, 0.25) is 0 Å². The summed E-state index contributed by atoms with van der Waals surface area (Å²) in [5.41, 5.74) is 2.68. The lowest BCUT2D eigenvalue weighted by molar-refractivity contribution is -0.384. The van der Waals surface area contributed by atoms with Crippen molar-refractivity contribution in [2.75, 3.05) is 0 Å². The van der Waals surface area contributed by atoms with Gasteiger partial charge >= 0.3 is 0 Å². The van der Waals surface area contributed by atoms with Gasteiger partial charge in [0.2, 0.25) is 0 Å². The number of hydrogen-bond acceptors (Lipinski definition) is 4. The summed E-state index contributed by atoms with van der Waals surface area (Å²) in [5.74, 6) is 0.710. The number of benzene rings is 4. The zero-order chi connectivity index (χ0) is 20.1. The molecule has 0 radical (unpaired) electrons. The number of non-ortho nitro benzene ring substituents is 1. The average Bonchev–Trinajstić information content (AvgIpc) is 2.77. The molecule has 0 fully saturated rings. The Balaban J connectivity index is 1.64. The molecule has 0 aromatic heterocycles. The van der Waals surface area contributed by atoms with Crippen LogP contribution in [0.15, 0.2) is 96.0 Å². The van der Waals surface area contributed by atoms with E-state index in [2.05, 4.69) is 11.1 Å². The summed E-state index contributed by atoms with van der Waals surface area (Å²) >= 11 is 0. The number of hydrogen-bond donors (Lipinski definition) is 0. The first-order valence-corrected chi connectivity index (χ1v) is 9.18. The van der Waals surface area contributed by atoms with Crippen LogP contribution in [0, 0.1) is 10.1 Å². The lowest BCUT2D eigenvalue weighted by Crippen LogP contribution is -1.99.